The van der Waals surface area contributed by atoms with Gasteiger partial charge in [-0.3, -0.25) is 14.6 Å². The first-order valence-corrected chi connectivity index (χ1v) is 10.9. The Hall–Kier alpha value is -2.74. The van der Waals surface area contributed by atoms with Crippen LogP contribution in [0.2, 0.25) is 5.02 Å². The third-order valence-corrected chi connectivity index (χ3v) is 5.76. The molecule has 0 spiro atoms. The van der Waals surface area contributed by atoms with Crippen molar-refractivity contribution in [3.63, 3.8) is 0 Å². The molecule has 0 saturated carbocycles. The number of aromatic nitrogens is 2. The van der Waals surface area contributed by atoms with E-state index in [-0.39, 0.29) is 5.91 Å². The molecule has 1 aromatic heterocycles. The van der Waals surface area contributed by atoms with E-state index in [0.29, 0.717) is 29.9 Å². The smallest absolute Gasteiger partial charge is 0.249 e. The Balaban J connectivity index is 1.26. The van der Waals surface area contributed by atoms with Gasteiger partial charge >= 0.3 is 0 Å². The lowest BCUT2D eigenvalue weighted by Gasteiger charge is -2.33. The van der Waals surface area contributed by atoms with Crippen LogP contribution in [0, 0.1) is 0 Å². The van der Waals surface area contributed by atoms with Crippen LogP contribution in [0.1, 0.15) is 18.4 Å². The number of aryl methyl sites for hydroxylation is 1. The van der Waals surface area contributed by atoms with Crippen LogP contribution in [0.25, 0.3) is 11.5 Å². The summed E-state index contributed by atoms with van der Waals surface area (Å²) in [7, 11) is 0. The maximum absolute atomic E-state index is 12.5. The van der Waals surface area contributed by atoms with Gasteiger partial charge in [-0.1, -0.05) is 48.9 Å². The fourth-order valence-corrected chi connectivity index (χ4v) is 3.92. The van der Waals surface area contributed by atoms with Gasteiger partial charge in [0.25, 0.3) is 0 Å². The molecule has 0 radical (unpaired) electrons. The van der Waals surface area contributed by atoms with Crippen molar-refractivity contribution in [2.75, 3.05) is 38.0 Å². The van der Waals surface area contributed by atoms with Gasteiger partial charge < -0.3 is 9.73 Å². The van der Waals surface area contributed by atoms with E-state index in [2.05, 4.69) is 32.2 Å². The second-order valence-electron chi connectivity index (χ2n) is 7.59. The van der Waals surface area contributed by atoms with Gasteiger partial charge in [-0.2, -0.15) is 0 Å². The van der Waals surface area contributed by atoms with Crippen molar-refractivity contribution < 1.29 is 9.21 Å². The van der Waals surface area contributed by atoms with Gasteiger partial charge in [-0.05, 0) is 30.2 Å². The highest BCUT2D eigenvalue weighted by Crippen LogP contribution is 2.26. The normalized spacial score (nSPS) is 15.2. The van der Waals surface area contributed by atoms with E-state index in [1.165, 1.54) is 0 Å². The van der Waals surface area contributed by atoms with Gasteiger partial charge in [0.15, 0.2) is 0 Å². The number of amides is 1. The number of piperazine rings is 1. The Morgan fingerprint density at radius 3 is 2.52 bits per heavy atom. The Morgan fingerprint density at radius 2 is 1.74 bits per heavy atom. The lowest BCUT2D eigenvalue weighted by molar-refractivity contribution is -0.117. The Morgan fingerprint density at radius 1 is 1.03 bits per heavy atom. The number of carbonyl (C=O) groups excluding carboxylic acids is 1. The monoisotopic (exact) mass is 439 g/mol. The highest BCUT2D eigenvalue weighted by molar-refractivity contribution is 6.33. The average Bonchev–Trinajstić information content (AvgIpc) is 3.24. The predicted octanol–water partition coefficient (Wildman–Crippen LogP) is 3.71. The van der Waals surface area contributed by atoms with Crippen molar-refractivity contribution in [1.29, 1.82) is 0 Å². The molecule has 0 aliphatic carbocycles. The fourth-order valence-electron chi connectivity index (χ4n) is 3.70. The summed E-state index contributed by atoms with van der Waals surface area (Å²) in [5, 5.41) is 11.9. The SMILES string of the molecule is CCc1ccccc1NC(=O)CN1CCN(Cc2nnc(-c3ccccc3Cl)o2)CC1. The summed E-state index contributed by atoms with van der Waals surface area (Å²) in [6, 6.07) is 15.4. The maximum Gasteiger partial charge on any atom is 0.249 e. The van der Waals surface area contributed by atoms with Crippen LogP contribution in [0.4, 0.5) is 5.69 Å². The number of rotatable bonds is 7. The van der Waals surface area contributed by atoms with Gasteiger partial charge in [-0.15, -0.1) is 10.2 Å². The number of hydrogen-bond acceptors (Lipinski definition) is 6. The Bertz CT molecular complexity index is 1030. The second kappa shape index (κ2) is 10.0. The molecule has 1 saturated heterocycles. The molecular weight excluding hydrogens is 414 g/mol. The van der Waals surface area contributed by atoms with Crippen molar-refractivity contribution in [2.45, 2.75) is 19.9 Å². The lowest BCUT2D eigenvalue weighted by Crippen LogP contribution is -2.48. The number of halogens is 1. The number of benzene rings is 2. The minimum Gasteiger partial charge on any atom is -0.419 e. The van der Waals surface area contributed by atoms with Crippen molar-refractivity contribution in [3.05, 3.63) is 65.0 Å². The van der Waals surface area contributed by atoms with Crippen LogP contribution in [-0.4, -0.2) is 58.6 Å². The molecule has 162 valence electrons. The topological polar surface area (TPSA) is 74.5 Å². The molecule has 1 aliphatic rings. The maximum atomic E-state index is 12.5. The second-order valence-corrected chi connectivity index (χ2v) is 8.00. The molecule has 2 aromatic carbocycles. The first kappa shape index (κ1) is 21.5. The van der Waals surface area contributed by atoms with Gasteiger partial charge in [0.05, 0.1) is 23.7 Å². The summed E-state index contributed by atoms with van der Waals surface area (Å²) in [6.45, 7) is 6.36. The molecule has 8 heteroatoms. The number of carbonyl (C=O) groups is 1. The summed E-state index contributed by atoms with van der Waals surface area (Å²) >= 11 is 6.21. The minimum absolute atomic E-state index is 0.0237. The number of anilines is 1. The number of hydrogen-bond donors (Lipinski definition) is 1. The largest absolute Gasteiger partial charge is 0.419 e. The third-order valence-electron chi connectivity index (χ3n) is 5.43. The Kier molecular flexibility index (Phi) is 6.96. The molecule has 7 nitrogen and oxygen atoms in total. The molecule has 1 aliphatic heterocycles. The molecule has 0 unspecified atom stereocenters. The molecule has 4 rings (SSSR count). The lowest BCUT2D eigenvalue weighted by atomic mass is 10.1. The third kappa shape index (κ3) is 5.50. The van der Waals surface area contributed by atoms with Gasteiger partial charge in [0.1, 0.15) is 0 Å². The van der Waals surface area contributed by atoms with Gasteiger partial charge in [-0.25, -0.2) is 0 Å². The van der Waals surface area contributed by atoms with Crippen LogP contribution in [0.5, 0.6) is 0 Å². The van der Waals surface area contributed by atoms with E-state index in [1.807, 2.05) is 42.5 Å². The molecular formula is C23H26ClN5O2. The van der Waals surface area contributed by atoms with E-state index in [0.717, 1.165) is 49.4 Å². The number of para-hydroxylation sites is 1. The van der Waals surface area contributed by atoms with Crippen molar-refractivity contribution in [3.8, 4) is 11.5 Å². The molecule has 1 N–H and O–H groups in total. The van der Waals surface area contributed by atoms with E-state index in [9.17, 15) is 4.79 Å². The molecule has 0 atom stereocenters. The van der Waals surface area contributed by atoms with E-state index < -0.39 is 0 Å². The zero-order chi connectivity index (χ0) is 21.6. The summed E-state index contributed by atoms with van der Waals surface area (Å²) in [4.78, 5) is 16.9. The molecule has 1 fully saturated rings. The quantitative estimate of drug-likeness (QED) is 0.605. The predicted molar refractivity (Wildman–Crippen MR) is 121 cm³/mol. The van der Waals surface area contributed by atoms with E-state index in [4.69, 9.17) is 16.0 Å². The fraction of sp³-hybridized carbons (Fsp3) is 0.348. The van der Waals surface area contributed by atoms with Crippen molar-refractivity contribution in [2.24, 2.45) is 0 Å². The van der Waals surface area contributed by atoms with E-state index in [1.54, 1.807) is 6.07 Å². The first-order valence-electron chi connectivity index (χ1n) is 10.5. The van der Waals surface area contributed by atoms with Gasteiger partial charge in [0, 0.05) is 31.9 Å². The molecule has 1 amide bonds. The highest BCUT2D eigenvalue weighted by atomic mass is 35.5. The number of nitrogens with zero attached hydrogens (tertiary/aromatic N) is 4. The molecule has 3 aromatic rings. The van der Waals surface area contributed by atoms with Gasteiger partial charge in [0.2, 0.25) is 17.7 Å². The van der Waals surface area contributed by atoms with Crippen LogP contribution in [0.15, 0.2) is 52.9 Å². The van der Waals surface area contributed by atoms with Crippen LogP contribution < -0.4 is 5.32 Å². The Labute approximate surface area is 187 Å². The summed E-state index contributed by atoms with van der Waals surface area (Å²) in [5.41, 5.74) is 2.79. The highest BCUT2D eigenvalue weighted by Gasteiger charge is 2.21. The van der Waals surface area contributed by atoms with Crippen molar-refractivity contribution in [1.82, 2.24) is 20.0 Å². The standard InChI is InChI=1S/C23H26ClN5O2/c1-2-17-7-3-6-10-20(17)25-21(30)15-28-11-13-29(14-12-28)16-22-26-27-23(31-22)18-8-4-5-9-19(18)24/h3-10H,2,11-16H2,1H3,(H,25,30). The zero-order valence-corrected chi connectivity index (χ0v) is 18.3. The summed E-state index contributed by atoms with van der Waals surface area (Å²) < 4.78 is 5.81. The average molecular weight is 440 g/mol. The zero-order valence-electron chi connectivity index (χ0n) is 17.6. The summed E-state index contributed by atoms with van der Waals surface area (Å²) in [6.07, 6.45) is 0.892. The number of nitrogens with one attached hydrogen (secondary N) is 1. The van der Waals surface area contributed by atoms with Crippen LogP contribution in [-0.2, 0) is 17.8 Å². The van der Waals surface area contributed by atoms with Crippen LogP contribution in [0.3, 0.4) is 0 Å². The molecule has 2 heterocycles. The summed E-state index contributed by atoms with van der Waals surface area (Å²) in [5.74, 6) is 1.02. The van der Waals surface area contributed by atoms with Crippen LogP contribution >= 0.6 is 11.6 Å². The molecule has 31 heavy (non-hydrogen) atoms. The molecule has 0 bridgehead atoms. The van der Waals surface area contributed by atoms with Crippen molar-refractivity contribution >= 4 is 23.2 Å². The minimum atomic E-state index is 0.0237. The first-order chi connectivity index (χ1) is 15.1. The van der Waals surface area contributed by atoms with E-state index >= 15 is 0 Å².